The Kier molecular flexibility index (Phi) is 4.38. The van der Waals surface area contributed by atoms with Gasteiger partial charge in [0.05, 0.1) is 0 Å². The van der Waals surface area contributed by atoms with E-state index in [-0.39, 0.29) is 11.6 Å². The Labute approximate surface area is 131 Å². The largest absolute Gasteiger partial charge is 0.304 e. The van der Waals surface area contributed by atoms with Crippen molar-refractivity contribution < 1.29 is 4.79 Å². The van der Waals surface area contributed by atoms with Gasteiger partial charge in [-0.05, 0) is 6.42 Å². The molecule has 0 unspecified atom stereocenters. The first kappa shape index (κ1) is 14.6. The lowest BCUT2D eigenvalue weighted by molar-refractivity contribution is 0.102. The lowest BCUT2D eigenvalue weighted by atomic mass is 10.2. The van der Waals surface area contributed by atoms with Crippen molar-refractivity contribution in [3.8, 4) is 0 Å². The van der Waals surface area contributed by atoms with E-state index in [1.165, 1.54) is 24.2 Å². The molecule has 3 rings (SSSR count). The van der Waals surface area contributed by atoms with Crippen molar-refractivity contribution in [3.63, 3.8) is 0 Å². The van der Waals surface area contributed by atoms with Crippen molar-refractivity contribution >= 4 is 28.0 Å². The number of nitrogens with one attached hydrogen (secondary N) is 1. The molecule has 0 aromatic carbocycles. The number of hydrogen-bond donors (Lipinski definition) is 1. The summed E-state index contributed by atoms with van der Waals surface area (Å²) in [7, 11) is 0. The number of aromatic nitrogens is 5. The van der Waals surface area contributed by atoms with Crippen molar-refractivity contribution in [1.82, 2.24) is 24.6 Å². The number of hydrogen-bond acceptors (Lipinski definition) is 6. The van der Waals surface area contributed by atoms with Gasteiger partial charge in [-0.3, -0.25) is 10.1 Å². The highest BCUT2D eigenvalue weighted by atomic mass is 32.1. The first-order valence-electron chi connectivity index (χ1n) is 7.19. The van der Waals surface area contributed by atoms with Crippen LogP contribution in [-0.2, 0) is 6.42 Å². The monoisotopic (exact) mass is 316 g/mol. The smallest absolute Gasteiger partial charge is 0.279 e. The quantitative estimate of drug-likeness (QED) is 0.706. The van der Waals surface area contributed by atoms with Gasteiger partial charge in [0.25, 0.3) is 5.91 Å². The molecule has 7 nitrogen and oxygen atoms in total. The van der Waals surface area contributed by atoms with Gasteiger partial charge >= 0.3 is 0 Å². The fourth-order valence-electron chi connectivity index (χ4n) is 2.10. The zero-order chi connectivity index (χ0) is 15.4. The standard InChI is InChI=1S/C14H16N6OS/c1-2-3-4-5-10-18-19-14(22-10)17-13(21)11-12-16-7-9-20(12)8-6-15-11/h6-9H,2-5H2,1H3,(H,17,19,21). The van der Waals surface area contributed by atoms with E-state index in [9.17, 15) is 4.79 Å². The molecule has 0 aliphatic rings. The summed E-state index contributed by atoms with van der Waals surface area (Å²) in [6, 6.07) is 0. The van der Waals surface area contributed by atoms with Gasteiger partial charge < -0.3 is 4.40 Å². The summed E-state index contributed by atoms with van der Waals surface area (Å²) in [6.45, 7) is 2.16. The minimum Gasteiger partial charge on any atom is -0.304 e. The lowest BCUT2D eigenvalue weighted by Crippen LogP contribution is -2.15. The van der Waals surface area contributed by atoms with Gasteiger partial charge in [-0.2, -0.15) is 0 Å². The number of unbranched alkanes of at least 4 members (excludes halogenated alkanes) is 2. The molecule has 3 aromatic rings. The second-order valence-corrected chi connectivity index (χ2v) is 5.91. The Morgan fingerprint density at radius 3 is 2.86 bits per heavy atom. The molecule has 0 fully saturated rings. The molecule has 0 saturated carbocycles. The van der Waals surface area contributed by atoms with Gasteiger partial charge in [0.2, 0.25) is 5.13 Å². The van der Waals surface area contributed by atoms with Gasteiger partial charge in [-0.1, -0.05) is 31.1 Å². The topological polar surface area (TPSA) is 85.1 Å². The maximum atomic E-state index is 12.3. The molecule has 0 aliphatic heterocycles. The third-order valence-corrected chi connectivity index (χ3v) is 4.11. The van der Waals surface area contributed by atoms with E-state index in [1.807, 2.05) is 0 Å². The van der Waals surface area contributed by atoms with Crippen molar-refractivity contribution in [1.29, 1.82) is 0 Å². The van der Waals surface area contributed by atoms with Gasteiger partial charge in [-0.15, -0.1) is 10.2 Å². The summed E-state index contributed by atoms with van der Waals surface area (Å²) in [6.07, 6.45) is 11.0. The van der Waals surface area contributed by atoms with Gasteiger partial charge in [0, 0.05) is 31.2 Å². The van der Waals surface area contributed by atoms with Crippen LogP contribution in [0.3, 0.4) is 0 Å². The van der Waals surface area contributed by atoms with Gasteiger partial charge in [0.1, 0.15) is 5.01 Å². The molecule has 8 heteroatoms. The van der Waals surface area contributed by atoms with Crippen molar-refractivity contribution in [2.45, 2.75) is 32.6 Å². The van der Waals surface area contributed by atoms with Crippen molar-refractivity contribution in [2.75, 3.05) is 5.32 Å². The summed E-state index contributed by atoms with van der Waals surface area (Å²) >= 11 is 1.40. The van der Waals surface area contributed by atoms with Crippen LogP contribution in [0.15, 0.2) is 24.8 Å². The van der Waals surface area contributed by atoms with Crippen LogP contribution in [0.1, 0.15) is 41.7 Å². The Hall–Kier alpha value is -2.35. The van der Waals surface area contributed by atoms with Crippen LogP contribution in [0.4, 0.5) is 5.13 Å². The first-order valence-corrected chi connectivity index (χ1v) is 8.01. The number of anilines is 1. The Bertz CT molecular complexity index is 780. The zero-order valence-corrected chi connectivity index (χ0v) is 13.0. The molecule has 3 heterocycles. The summed E-state index contributed by atoms with van der Waals surface area (Å²) < 4.78 is 1.75. The van der Waals surface area contributed by atoms with E-state index in [4.69, 9.17) is 0 Å². The van der Waals surface area contributed by atoms with E-state index >= 15 is 0 Å². The van der Waals surface area contributed by atoms with Crippen molar-refractivity contribution in [3.05, 3.63) is 35.5 Å². The summed E-state index contributed by atoms with van der Waals surface area (Å²) in [5, 5.41) is 12.3. The Morgan fingerprint density at radius 1 is 1.23 bits per heavy atom. The molecular formula is C14H16N6OS. The van der Waals surface area contributed by atoms with E-state index in [0.717, 1.165) is 17.8 Å². The van der Waals surface area contributed by atoms with Gasteiger partial charge in [0.15, 0.2) is 11.3 Å². The number of amides is 1. The van der Waals surface area contributed by atoms with Crippen LogP contribution in [0.25, 0.3) is 5.65 Å². The maximum Gasteiger partial charge on any atom is 0.279 e. The third-order valence-electron chi connectivity index (χ3n) is 3.21. The van der Waals surface area contributed by atoms with Crippen LogP contribution in [0.2, 0.25) is 0 Å². The number of carbonyl (C=O) groups excluding carboxylic acids is 1. The van der Waals surface area contributed by atoms with Crippen LogP contribution in [-0.4, -0.2) is 30.5 Å². The number of fused-ring (bicyclic) bond motifs is 1. The number of rotatable bonds is 6. The highest BCUT2D eigenvalue weighted by molar-refractivity contribution is 7.15. The third kappa shape index (κ3) is 3.11. The predicted octanol–water partition coefficient (Wildman–Crippen LogP) is 2.57. The number of nitrogens with zero attached hydrogens (tertiary/aromatic N) is 5. The molecule has 3 aromatic heterocycles. The second-order valence-electron chi connectivity index (χ2n) is 4.85. The zero-order valence-electron chi connectivity index (χ0n) is 12.2. The maximum absolute atomic E-state index is 12.3. The molecule has 0 atom stereocenters. The highest BCUT2D eigenvalue weighted by Crippen LogP contribution is 2.18. The molecule has 1 N–H and O–H groups in total. The fraction of sp³-hybridized carbons (Fsp3) is 0.357. The summed E-state index contributed by atoms with van der Waals surface area (Å²) in [4.78, 5) is 20.6. The molecule has 0 spiro atoms. The van der Waals surface area contributed by atoms with E-state index < -0.39 is 0 Å². The Morgan fingerprint density at radius 2 is 2.05 bits per heavy atom. The average molecular weight is 316 g/mol. The second kappa shape index (κ2) is 6.61. The number of imidazole rings is 1. The van der Waals surface area contributed by atoms with Crippen LogP contribution in [0, 0.1) is 0 Å². The van der Waals surface area contributed by atoms with E-state index in [2.05, 4.69) is 32.4 Å². The van der Waals surface area contributed by atoms with Crippen molar-refractivity contribution in [2.24, 2.45) is 0 Å². The van der Waals surface area contributed by atoms with E-state index in [1.54, 1.807) is 29.2 Å². The van der Waals surface area contributed by atoms with Crippen LogP contribution < -0.4 is 5.32 Å². The molecule has 0 radical (unpaired) electrons. The molecule has 22 heavy (non-hydrogen) atoms. The molecule has 0 bridgehead atoms. The minimum atomic E-state index is -0.326. The normalized spacial score (nSPS) is 11.0. The summed E-state index contributed by atoms with van der Waals surface area (Å²) in [5.74, 6) is -0.326. The minimum absolute atomic E-state index is 0.273. The van der Waals surface area contributed by atoms with E-state index in [0.29, 0.717) is 10.8 Å². The average Bonchev–Trinajstić information content (AvgIpc) is 3.16. The molecular weight excluding hydrogens is 300 g/mol. The first-order chi connectivity index (χ1) is 10.8. The molecule has 1 amide bonds. The molecule has 114 valence electrons. The summed E-state index contributed by atoms with van der Waals surface area (Å²) in [5.41, 5.74) is 0.794. The molecule has 0 saturated heterocycles. The predicted molar refractivity (Wildman–Crippen MR) is 84.1 cm³/mol. The number of carbonyl (C=O) groups is 1. The number of aryl methyl sites for hydroxylation is 1. The lowest BCUT2D eigenvalue weighted by Gasteiger charge is -2.01. The Balaban J connectivity index is 1.70. The SMILES string of the molecule is CCCCCc1nnc(NC(=O)c2nccn3ccnc23)s1. The molecule has 0 aliphatic carbocycles. The van der Waals surface area contributed by atoms with Crippen LogP contribution >= 0.6 is 11.3 Å². The highest BCUT2D eigenvalue weighted by Gasteiger charge is 2.15. The fourth-order valence-corrected chi connectivity index (χ4v) is 2.88. The van der Waals surface area contributed by atoms with Crippen LogP contribution in [0.5, 0.6) is 0 Å². The van der Waals surface area contributed by atoms with Gasteiger partial charge in [-0.25, -0.2) is 9.97 Å².